The number of hydroxylamine groups is 2. The van der Waals surface area contributed by atoms with Crippen molar-refractivity contribution in [1.82, 2.24) is 5.06 Å². The molecule has 0 spiro atoms. The van der Waals surface area contributed by atoms with Gasteiger partial charge in [-0.2, -0.15) is 5.26 Å². The molecule has 56 valence electrons. The molecule has 0 aliphatic heterocycles. The summed E-state index contributed by atoms with van der Waals surface area (Å²) in [4.78, 5) is 4.44. The predicted molar refractivity (Wildman–Crippen MR) is 33.8 cm³/mol. The van der Waals surface area contributed by atoms with Crippen LogP contribution < -0.4 is 0 Å². The van der Waals surface area contributed by atoms with Crippen molar-refractivity contribution < 1.29 is 9.57 Å². The van der Waals surface area contributed by atoms with Crippen LogP contribution in [0.3, 0.4) is 0 Å². The lowest BCUT2D eigenvalue weighted by Gasteiger charge is -2.11. The summed E-state index contributed by atoms with van der Waals surface area (Å²) in [5.74, 6) is 0. The minimum absolute atomic E-state index is 0.299. The third kappa shape index (κ3) is 2.33. The minimum atomic E-state index is -0.299. The van der Waals surface area contributed by atoms with E-state index in [4.69, 9.17) is 10.7 Å². The number of rotatable bonds is 2. The molecule has 0 fully saturated rings. The first-order chi connectivity index (χ1) is 4.76. The van der Waals surface area contributed by atoms with Crippen molar-refractivity contribution in [3.8, 4) is 6.19 Å². The van der Waals surface area contributed by atoms with Crippen LogP contribution >= 0.6 is 0 Å². The third-order valence-electron chi connectivity index (χ3n) is 0.739. The van der Waals surface area contributed by atoms with Gasteiger partial charge >= 0.3 is 6.02 Å². The van der Waals surface area contributed by atoms with Crippen LogP contribution in [0.4, 0.5) is 0 Å². The van der Waals surface area contributed by atoms with Crippen LogP contribution in [-0.4, -0.2) is 24.8 Å². The fourth-order valence-electron chi connectivity index (χ4n) is 0.364. The molecule has 0 aromatic heterocycles. The highest BCUT2D eigenvalue weighted by Gasteiger charge is 2.06. The van der Waals surface area contributed by atoms with Gasteiger partial charge < -0.3 is 4.74 Å². The quantitative estimate of drug-likeness (QED) is 0.198. The van der Waals surface area contributed by atoms with E-state index >= 15 is 0 Å². The summed E-state index contributed by atoms with van der Waals surface area (Å²) in [5, 5.41) is 15.9. The number of hydrogen-bond acceptors (Lipinski definition) is 4. The number of hydrogen-bond donors (Lipinski definition) is 1. The van der Waals surface area contributed by atoms with Crippen LogP contribution in [0.5, 0.6) is 0 Å². The predicted octanol–water partition coefficient (Wildman–Crippen LogP) is 0.302. The Morgan fingerprint density at radius 1 is 1.80 bits per heavy atom. The van der Waals surface area contributed by atoms with Crippen molar-refractivity contribution in [2.24, 2.45) is 0 Å². The van der Waals surface area contributed by atoms with Crippen molar-refractivity contribution in [3.05, 3.63) is 0 Å². The number of nitrogens with one attached hydrogen (secondary N) is 1. The molecule has 0 aromatic carbocycles. The van der Waals surface area contributed by atoms with Gasteiger partial charge in [0.25, 0.3) is 0 Å². The largest absolute Gasteiger partial charge is 0.463 e. The first kappa shape index (κ1) is 8.72. The minimum Gasteiger partial charge on any atom is -0.463 e. The molecule has 0 amide bonds. The molecular weight excluding hydrogens is 134 g/mol. The SMILES string of the molecule is CCOC(=N)N(C#N)OC. The van der Waals surface area contributed by atoms with Gasteiger partial charge in [0.1, 0.15) is 0 Å². The van der Waals surface area contributed by atoms with Crippen molar-refractivity contribution in [1.29, 1.82) is 10.7 Å². The van der Waals surface area contributed by atoms with E-state index in [1.54, 1.807) is 13.1 Å². The van der Waals surface area contributed by atoms with E-state index in [-0.39, 0.29) is 6.02 Å². The molecule has 0 rings (SSSR count). The molecule has 0 aliphatic rings. The van der Waals surface area contributed by atoms with E-state index in [1.165, 1.54) is 7.11 Å². The normalized spacial score (nSPS) is 8.10. The zero-order valence-corrected chi connectivity index (χ0v) is 5.92. The van der Waals surface area contributed by atoms with E-state index in [2.05, 4.69) is 9.57 Å². The topological polar surface area (TPSA) is 69.3 Å². The summed E-state index contributed by atoms with van der Waals surface area (Å²) in [6.07, 6.45) is 1.60. The summed E-state index contributed by atoms with van der Waals surface area (Å²) >= 11 is 0. The summed E-state index contributed by atoms with van der Waals surface area (Å²) in [5.41, 5.74) is 0. The average Bonchev–Trinajstić information content (AvgIpc) is 1.91. The molecule has 0 unspecified atom stereocenters. The van der Waals surface area contributed by atoms with Crippen LogP contribution in [0.15, 0.2) is 0 Å². The standard InChI is InChI=1S/C5H9N3O2/c1-3-10-5(7)8(4-6)9-2/h7H,3H2,1-2H3. The zero-order chi connectivity index (χ0) is 7.98. The smallest absolute Gasteiger partial charge is 0.323 e. The van der Waals surface area contributed by atoms with E-state index in [9.17, 15) is 0 Å². The molecule has 0 aliphatic carbocycles. The summed E-state index contributed by atoms with van der Waals surface area (Å²) in [7, 11) is 1.29. The molecule has 0 aromatic rings. The zero-order valence-electron chi connectivity index (χ0n) is 5.92. The lowest BCUT2D eigenvalue weighted by Crippen LogP contribution is -2.26. The van der Waals surface area contributed by atoms with E-state index < -0.39 is 0 Å². The molecule has 5 nitrogen and oxygen atoms in total. The summed E-state index contributed by atoms with van der Waals surface area (Å²) in [6, 6.07) is -0.299. The lowest BCUT2D eigenvalue weighted by molar-refractivity contribution is -0.0364. The molecule has 10 heavy (non-hydrogen) atoms. The van der Waals surface area contributed by atoms with Gasteiger partial charge in [-0.25, -0.2) is 5.41 Å². The lowest BCUT2D eigenvalue weighted by atomic mass is 10.8. The fourth-order valence-corrected chi connectivity index (χ4v) is 0.364. The Morgan fingerprint density at radius 3 is 2.70 bits per heavy atom. The van der Waals surface area contributed by atoms with Crippen molar-refractivity contribution >= 4 is 6.02 Å². The maximum Gasteiger partial charge on any atom is 0.323 e. The molecule has 0 radical (unpaired) electrons. The van der Waals surface area contributed by atoms with E-state index in [0.29, 0.717) is 11.7 Å². The fraction of sp³-hybridized carbons (Fsp3) is 0.600. The van der Waals surface area contributed by atoms with Gasteiger partial charge in [-0.15, -0.1) is 5.06 Å². The second-order valence-corrected chi connectivity index (χ2v) is 1.32. The number of nitriles is 1. The van der Waals surface area contributed by atoms with Crippen LogP contribution in [0.1, 0.15) is 6.92 Å². The van der Waals surface area contributed by atoms with Gasteiger partial charge in [0, 0.05) is 0 Å². The molecule has 0 heterocycles. The monoisotopic (exact) mass is 143 g/mol. The number of nitrogens with zero attached hydrogens (tertiary/aromatic N) is 2. The van der Waals surface area contributed by atoms with Crippen LogP contribution in [-0.2, 0) is 9.57 Å². The van der Waals surface area contributed by atoms with Gasteiger partial charge in [0.15, 0.2) is 0 Å². The maximum absolute atomic E-state index is 8.25. The molecule has 0 saturated carbocycles. The second-order valence-electron chi connectivity index (χ2n) is 1.32. The van der Waals surface area contributed by atoms with Crippen molar-refractivity contribution in [2.75, 3.05) is 13.7 Å². The molecular formula is C5H9N3O2. The van der Waals surface area contributed by atoms with E-state index in [0.717, 1.165) is 0 Å². The second kappa shape index (κ2) is 4.58. The van der Waals surface area contributed by atoms with Gasteiger partial charge in [-0.1, -0.05) is 0 Å². The first-order valence-electron chi connectivity index (χ1n) is 2.71. The molecule has 0 bridgehead atoms. The molecule has 1 N–H and O–H groups in total. The molecule has 0 saturated heterocycles. The van der Waals surface area contributed by atoms with Crippen LogP contribution in [0.25, 0.3) is 0 Å². The van der Waals surface area contributed by atoms with Crippen LogP contribution in [0, 0.1) is 16.9 Å². The highest BCUT2D eigenvalue weighted by Crippen LogP contribution is 1.88. The molecule has 5 heteroatoms. The van der Waals surface area contributed by atoms with Crippen LogP contribution in [0.2, 0.25) is 0 Å². The van der Waals surface area contributed by atoms with Gasteiger partial charge in [-0.05, 0) is 6.92 Å². The first-order valence-corrected chi connectivity index (χ1v) is 2.71. The van der Waals surface area contributed by atoms with Gasteiger partial charge in [0.2, 0.25) is 6.19 Å². The number of amidine groups is 1. The average molecular weight is 143 g/mol. The highest BCUT2D eigenvalue weighted by atomic mass is 16.7. The molecule has 0 atom stereocenters. The Kier molecular flexibility index (Phi) is 4.00. The Morgan fingerprint density at radius 2 is 2.40 bits per heavy atom. The summed E-state index contributed by atoms with van der Waals surface area (Å²) in [6.45, 7) is 2.07. The van der Waals surface area contributed by atoms with Gasteiger partial charge in [-0.3, -0.25) is 4.84 Å². The Labute approximate surface area is 59.2 Å². The van der Waals surface area contributed by atoms with Crippen molar-refractivity contribution in [3.63, 3.8) is 0 Å². The highest BCUT2D eigenvalue weighted by molar-refractivity contribution is 5.70. The van der Waals surface area contributed by atoms with E-state index in [1.807, 2.05) is 0 Å². The Balaban J connectivity index is 3.80. The third-order valence-corrected chi connectivity index (χ3v) is 0.739. The number of ether oxygens (including phenoxy) is 1. The van der Waals surface area contributed by atoms with Gasteiger partial charge in [0.05, 0.1) is 13.7 Å². The maximum atomic E-state index is 8.25. The van der Waals surface area contributed by atoms with Crippen molar-refractivity contribution in [2.45, 2.75) is 6.92 Å². The summed E-state index contributed by atoms with van der Waals surface area (Å²) < 4.78 is 4.65. The Hall–Kier alpha value is -1.28. The Bertz CT molecular complexity index is 151.